The Balaban J connectivity index is 0.000000204. The Kier molecular flexibility index (Phi) is 12.3. The summed E-state index contributed by atoms with van der Waals surface area (Å²) >= 11 is 0. The molecular weight excluding hydrogens is 452 g/mol. The maximum absolute atomic E-state index is 11.5. The van der Waals surface area contributed by atoms with Crippen LogP contribution in [0.1, 0.15) is 54.7 Å². The van der Waals surface area contributed by atoms with Gasteiger partial charge in [-0.25, -0.2) is 4.98 Å². The molecule has 1 aliphatic rings. The average molecular weight is 491 g/mol. The van der Waals surface area contributed by atoms with E-state index >= 15 is 0 Å². The molecule has 7 heteroatoms. The minimum absolute atomic E-state index is 0.0280. The standard InChI is InChI=1S/C12H13N3O.C11H12O2.C6H13N/c1-9-12(15-7-14-9)11-4-2-10(3-5-11)6-13-8-16;1-9(8-12)7-11(13)10-5-3-2-4-6-10;1-6-4-3-5-7(6)2/h2-5,7-8H,6H2,1H3,(H,13,16)(H,14,15);2-6,8-9H,7H2,1H3;6H,3-5H2,1-2H3. The van der Waals surface area contributed by atoms with Crippen LogP contribution in [-0.4, -0.2) is 53.0 Å². The summed E-state index contributed by atoms with van der Waals surface area (Å²) in [4.78, 5) is 41.6. The van der Waals surface area contributed by atoms with Crippen molar-refractivity contribution in [2.45, 2.75) is 52.6 Å². The van der Waals surface area contributed by atoms with Crippen molar-refractivity contribution in [1.29, 1.82) is 0 Å². The number of hydrogen-bond acceptors (Lipinski definition) is 5. The van der Waals surface area contributed by atoms with Gasteiger partial charge in [-0.05, 0) is 45.8 Å². The largest absolute Gasteiger partial charge is 0.355 e. The summed E-state index contributed by atoms with van der Waals surface area (Å²) in [7, 11) is 2.19. The van der Waals surface area contributed by atoms with Gasteiger partial charge in [0.1, 0.15) is 6.29 Å². The van der Waals surface area contributed by atoms with E-state index in [0.29, 0.717) is 24.9 Å². The fraction of sp³-hybridized carbons (Fsp3) is 0.379. The van der Waals surface area contributed by atoms with Gasteiger partial charge in [-0.1, -0.05) is 61.5 Å². The number of aldehydes is 1. The van der Waals surface area contributed by atoms with E-state index in [4.69, 9.17) is 0 Å². The molecule has 0 spiro atoms. The lowest BCUT2D eigenvalue weighted by molar-refractivity contribution is -0.111. The minimum Gasteiger partial charge on any atom is -0.355 e. The quantitative estimate of drug-likeness (QED) is 0.348. The Morgan fingerprint density at radius 3 is 2.33 bits per heavy atom. The predicted octanol–water partition coefficient (Wildman–Crippen LogP) is 4.83. The van der Waals surface area contributed by atoms with Crippen LogP contribution in [-0.2, 0) is 16.1 Å². The fourth-order valence-corrected chi connectivity index (χ4v) is 3.75. The third-order valence-electron chi connectivity index (χ3n) is 6.17. The number of aromatic amines is 1. The molecule has 7 nitrogen and oxygen atoms in total. The second-order valence-electron chi connectivity index (χ2n) is 9.15. The molecule has 0 aliphatic carbocycles. The van der Waals surface area contributed by atoms with Gasteiger partial charge in [0.05, 0.1) is 12.0 Å². The fourth-order valence-electron chi connectivity index (χ4n) is 3.75. The number of Topliss-reactive ketones (excluding diaryl/α,β-unsaturated/α-hetero) is 1. The van der Waals surface area contributed by atoms with Crippen molar-refractivity contribution < 1.29 is 14.4 Å². The first-order chi connectivity index (χ1) is 17.3. The summed E-state index contributed by atoms with van der Waals surface area (Å²) in [6, 6.07) is 17.9. The molecule has 0 bridgehead atoms. The van der Waals surface area contributed by atoms with Gasteiger partial charge in [-0.15, -0.1) is 0 Å². The summed E-state index contributed by atoms with van der Waals surface area (Å²) in [6.07, 6.45) is 6.29. The third kappa shape index (κ3) is 9.58. The number of carbonyl (C=O) groups excluding carboxylic acids is 3. The molecule has 3 aromatic rings. The monoisotopic (exact) mass is 490 g/mol. The predicted molar refractivity (Wildman–Crippen MR) is 144 cm³/mol. The van der Waals surface area contributed by atoms with Crippen molar-refractivity contribution in [1.82, 2.24) is 20.2 Å². The zero-order valence-corrected chi connectivity index (χ0v) is 21.7. The number of aryl methyl sites for hydroxylation is 1. The number of imidazole rings is 1. The van der Waals surface area contributed by atoms with Crippen LogP contribution < -0.4 is 5.32 Å². The Bertz CT molecular complexity index is 1060. The number of nitrogens with zero attached hydrogens (tertiary/aromatic N) is 2. The highest BCUT2D eigenvalue weighted by molar-refractivity contribution is 5.97. The van der Waals surface area contributed by atoms with Crippen molar-refractivity contribution in [3.05, 3.63) is 77.7 Å². The van der Waals surface area contributed by atoms with Crippen LogP contribution >= 0.6 is 0 Å². The zero-order chi connectivity index (χ0) is 26.3. The highest BCUT2D eigenvalue weighted by atomic mass is 16.1. The number of nitrogens with one attached hydrogen (secondary N) is 2. The minimum atomic E-state index is -0.187. The lowest BCUT2D eigenvalue weighted by Gasteiger charge is -2.12. The lowest BCUT2D eigenvalue weighted by atomic mass is 10.0. The van der Waals surface area contributed by atoms with Crippen molar-refractivity contribution in [2.75, 3.05) is 13.6 Å². The summed E-state index contributed by atoms with van der Waals surface area (Å²) in [5, 5.41) is 2.63. The normalized spacial score (nSPS) is 15.5. The van der Waals surface area contributed by atoms with Crippen molar-refractivity contribution in [3.63, 3.8) is 0 Å². The molecule has 2 aromatic carbocycles. The third-order valence-corrected chi connectivity index (χ3v) is 6.17. The molecule has 1 saturated heterocycles. The van der Waals surface area contributed by atoms with E-state index in [1.54, 1.807) is 25.4 Å². The summed E-state index contributed by atoms with van der Waals surface area (Å²) in [5.41, 5.74) is 4.85. The van der Waals surface area contributed by atoms with Crippen molar-refractivity contribution >= 4 is 18.5 Å². The van der Waals surface area contributed by atoms with E-state index in [0.717, 1.165) is 34.8 Å². The number of benzene rings is 2. The maximum atomic E-state index is 11.5. The number of amides is 1. The van der Waals surface area contributed by atoms with Crippen LogP contribution in [0.5, 0.6) is 0 Å². The van der Waals surface area contributed by atoms with Crippen LogP contribution in [0.2, 0.25) is 0 Å². The van der Waals surface area contributed by atoms with Gasteiger partial charge in [0.2, 0.25) is 6.41 Å². The van der Waals surface area contributed by atoms with Gasteiger partial charge in [-0.3, -0.25) is 9.59 Å². The van der Waals surface area contributed by atoms with Gasteiger partial charge in [-0.2, -0.15) is 0 Å². The van der Waals surface area contributed by atoms with Gasteiger partial charge in [0.15, 0.2) is 5.78 Å². The van der Waals surface area contributed by atoms with E-state index in [1.165, 1.54) is 19.4 Å². The SMILES string of the molecule is CC(C=O)CC(=O)c1ccccc1.CC1CCCN1C.Cc1[nH]cnc1-c1ccc(CNC=O)cc1. The number of ketones is 1. The molecular formula is C29H38N4O3. The number of H-pyrrole nitrogens is 1. The van der Waals surface area contributed by atoms with E-state index < -0.39 is 0 Å². The second-order valence-corrected chi connectivity index (χ2v) is 9.15. The highest BCUT2D eigenvalue weighted by Crippen LogP contribution is 2.20. The number of hydrogen-bond donors (Lipinski definition) is 2. The molecule has 192 valence electrons. The molecule has 1 aromatic heterocycles. The first kappa shape index (κ1) is 28.7. The van der Waals surface area contributed by atoms with Gasteiger partial charge in [0.25, 0.3) is 0 Å². The average Bonchev–Trinajstić information content (AvgIpc) is 3.51. The summed E-state index contributed by atoms with van der Waals surface area (Å²) in [6.45, 7) is 7.88. The van der Waals surface area contributed by atoms with Crippen molar-refractivity contribution in [3.8, 4) is 11.3 Å². The molecule has 2 heterocycles. The second kappa shape index (κ2) is 15.4. The Morgan fingerprint density at radius 1 is 1.17 bits per heavy atom. The van der Waals surface area contributed by atoms with Crippen LogP contribution in [0, 0.1) is 12.8 Å². The van der Waals surface area contributed by atoms with E-state index in [1.807, 2.05) is 49.4 Å². The van der Waals surface area contributed by atoms with Crippen LogP contribution in [0.4, 0.5) is 0 Å². The van der Waals surface area contributed by atoms with Gasteiger partial charge >= 0.3 is 0 Å². The molecule has 1 fully saturated rings. The highest BCUT2D eigenvalue weighted by Gasteiger charge is 2.14. The smallest absolute Gasteiger partial charge is 0.207 e. The molecule has 1 amide bonds. The Labute approximate surface area is 214 Å². The summed E-state index contributed by atoms with van der Waals surface area (Å²) < 4.78 is 0. The number of likely N-dealkylation sites (tertiary alicyclic amines) is 1. The Hall–Kier alpha value is -3.58. The first-order valence-corrected chi connectivity index (χ1v) is 12.4. The van der Waals surface area contributed by atoms with Gasteiger partial charge < -0.3 is 20.0 Å². The number of carbonyl (C=O) groups is 3. The Morgan fingerprint density at radius 2 is 1.86 bits per heavy atom. The van der Waals surface area contributed by atoms with E-state index in [2.05, 4.69) is 34.2 Å². The molecule has 1 aliphatic heterocycles. The first-order valence-electron chi connectivity index (χ1n) is 12.4. The van der Waals surface area contributed by atoms with E-state index in [9.17, 15) is 14.4 Å². The van der Waals surface area contributed by atoms with Crippen LogP contribution in [0.15, 0.2) is 60.9 Å². The summed E-state index contributed by atoms with van der Waals surface area (Å²) in [5.74, 6) is -0.159. The number of rotatable bonds is 8. The van der Waals surface area contributed by atoms with Gasteiger partial charge in [0, 0.05) is 41.7 Å². The van der Waals surface area contributed by atoms with E-state index in [-0.39, 0.29) is 11.7 Å². The number of aromatic nitrogens is 2. The molecule has 4 rings (SSSR count). The molecule has 0 saturated carbocycles. The maximum Gasteiger partial charge on any atom is 0.207 e. The molecule has 0 radical (unpaired) electrons. The molecule has 2 atom stereocenters. The molecule has 2 unspecified atom stereocenters. The van der Waals surface area contributed by atoms with Crippen molar-refractivity contribution in [2.24, 2.45) is 5.92 Å². The molecule has 36 heavy (non-hydrogen) atoms. The van der Waals surface area contributed by atoms with Crippen LogP contribution in [0.25, 0.3) is 11.3 Å². The topological polar surface area (TPSA) is 95.2 Å². The molecule has 2 N–H and O–H groups in total. The lowest BCUT2D eigenvalue weighted by Crippen LogP contribution is -2.20. The van der Waals surface area contributed by atoms with Crippen LogP contribution in [0.3, 0.4) is 0 Å². The zero-order valence-electron chi connectivity index (χ0n) is 21.7.